The van der Waals surface area contributed by atoms with Gasteiger partial charge in [-0.3, -0.25) is 9.78 Å². The van der Waals surface area contributed by atoms with E-state index in [-0.39, 0.29) is 0 Å². The largest absolute Gasteiger partial charge is 0.298 e. The van der Waals surface area contributed by atoms with Crippen LogP contribution in [0.25, 0.3) is 17.1 Å². The second-order valence-electron chi connectivity index (χ2n) is 4.69. The zero-order valence-electron chi connectivity index (χ0n) is 11.3. The molecule has 0 aliphatic carbocycles. The lowest BCUT2D eigenvalue weighted by atomic mass is 10.2. The number of pyridine rings is 1. The second-order valence-corrected chi connectivity index (χ2v) is 4.69. The molecule has 0 aliphatic rings. The van der Waals surface area contributed by atoms with Gasteiger partial charge in [-0.25, -0.2) is 9.07 Å². The van der Waals surface area contributed by atoms with Crippen molar-refractivity contribution >= 4 is 6.29 Å². The summed E-state index contributed by atoms with van der Waals surface area (Å²) in [5.74, 6) is -0.427. The van der Waals surface area contributed by atoms with E-state index in [1.54, 1.807) is 10.9 Å². The number of halogens is 1. The van der Waals surface area contributed by atoms with Crippen molar-refractivity contribution in [3.05, 3.63) is 65.7 Å². The monoisotopic (exact) mass is 281 g/mol. The topological polar surface area (TPSA) is 47.8 Å². The second kappa shape index (κ2) is 5.28. The molecule has 0 spiro atoms. The lowest BCUT2D eigenvalue weighted by Crippen LogP contribution is -1.95. The van der Waals surface area contributed by atoms with E-state index in [1.165, 1.54) is 12.1 Å². The molecular weight excluding hydrogens is 269 g/mol. The molecule has 104 valence electrons. The van der Waals surface area contributed by atoms with Gasteiger partial charge >= 0.3 is 0 Å². The van der Waals surface area contributed by atoms with Crippen LogP contribution in [-0.2, 0) is 0 Å². The Hall–Kier alpha value is -2.82. The average Bonchev–Trinajstić information content (AvgIpc) is 2.93. The van der Waals surface area contributed by atoms with Crippen LogP contribution >= 0.6 is 0 Å². The fourth-order valence-electron chi connectivity index (χ4n) is 2.02. The van der Waals surface area contributed by atoms with Gasteiger partial charge < -0.3 is 0 Å². The summed E-state index contributed by atoms with van der Waals surface area (Å²) in [5, 5.41) is 4.38. The molecule has 0 saturated carbocycles. The summed E-state index contributed by atoms with van der Waals surface area (Å²) >= 11 is 0. The summed E-state index contributed by atoms with van der Waals surface area (Å²) in [4.78, 5) is 15.2. The number of carbonyl (C=O) groups is 1. The Bertz CT molecular complexity index is 776. The number of rotatable bonds is 3. The molecule has 0 aliphatic heterocycles. The first-order chi connectivity index (χ1) is 10.2. The first kappa shape index (κ1) is 13.2. The molecule has 0 bridgehead atoms. The number of benzene rings is 1. The standard InChI is InChI=1S/C16H12FN3O/c1-11-2-5-14(6-3-11)20-9-12(10-21)16(19-20)15-7-4-13(17)8-18-15/h2-10H,1H3. The van der Waals surface area contributed by atoms with Crippen LogP contribution < -0.4 is 0 Å². The molecule has 0 amide bonds. The minimum atomic E-state index is -0.427. The van der Waals surface area contributed by atoms with Gasteiger partial charge in [0.15, 0.2) is 6.29 Å². The van der Waals surface area contributed by atoms with Gasteiger partial charge in [-0.15, -0.1) is 0 Å². The van der Waals surface area contributed by atoms with Crippen LogP contribution in [0.15, 0.2) is 48.8 Å². The molecule has 3 rings (SSSR count). The highest BCUT2D eigenvalue weighted by Crippen LogP contribution is 2.21. The van der Waals surface area contributed by atoms with Crippen molar-refractivity contribution in [2.75, 3.05) is 0 Å². The fourth-order valence-corrected chi connectivity index (χ4v) is 2.02. The normalized spacial score (nSPS) is 10.6. The molecule has 0 N–H and O–H groups in total. The summed E-state index contributed by atoms with van der Waals surface area (Å²) in [6.45, 7) is 2.00. The van der Waals surface area contributed by atoms with Crippen LogP contribution in [0.2, 0.25) is 0 Å². The number of aldehydes is 1. The van der Waals surface area contributed by atoms with Crippen molar-refractivity contribution in [3.63, 3.8) is 0 Å². The van der Waals surface area contributed by atoms with E-state index in [1.807, 2.05) is 31.2 Å². The highest BCUT2D eigenvalue weighted by atomic mass is 19.1. The van der Waals surface area contributed by atoms with Crippen molar-refractivity contribution in [2.24, 2.45) is 0 Å². The molecule has 2 heterocycles. The van der Waals surface area contributed by atoms with Crippen LogP contribution in [0.5, 0.6) is 0 Å². The Labute approximate surface area is 120 Å². The molecule has 0 atom stereocenters. The van der Waals surface area contributed by atoms with E-state index in [0.717, 1.165) is 23.7 Å². The lowest BCUT2D eigenvalue weighted by Gasteiger charge is -2.01. The van der Waals surface area contributed by atoms with Crippen molar-refractivity contribution in [1.82, 2.24) is 14.8 Å². The van der Waals surface area contributed by atoms with E-state index in [9.17, 15) is 9.18 Å². The van der Waals surface area contributed by atoms with Crippen molar-refractivity contribution in [3.8, 4) is 17.1 Å². The third-order valence-corrected chi connectivity index (χ3v) is 3.14. The molecule has 0 unspecified atom stereocenters. The first-order valence-corrected chi connectivity index (χ1v) is 6.41. The molecule has 4 nitrogen and oxygen atoms in total. The van der Waals surface area contributed by atoms with Crippen LogP contribution in [-0.4, -0.2) is 21.1 Å². The smallest absolute Gasteiger partial charge is 0.153 e. The number of aromatic nitrogens is 3. The summed E-state index contributed by atoms with van der Waals surface area (Å²) in [6.07, 6.45) is 3.46. The molecule has 21 heavy (non-hydrogen) atoms. The number of hydrogen-bond donors (Lipinski definition) is 0. The Morgan fingerprint density at radius 3 is 2.52 bits per heavy atom. The van der Waals surface area contributed by atoms with Gasteiger partial charge in [0.05, 0.1) is 23.1 Å². The molecule has 0 radical (unpaired) electrons. The Balaban J connectivity index is 2.08. The molecule has 2 aromatic heterocycles. The van der Waals surface area contributed by atoms with Crippen molar-refractivity contribution < 1.29 is 9.18 Å². The number of nitrogens with zero attached hydrogens (tertiary/aromatic N) is 3. The Kier molecular flexibility index (Phi) is 3.31. The van der Waals surface area contributed by atoms with Gasteiger partial charge in [0.2, 0.25) is 0 Å². The highest BCUT2D eigenvalue weighted by molar-refractivity contribution is 5.84. The maximum atomic E-state index is 12.9. The van der Waals surface area contributed by atoms with E-state index in [0.29, 0.717) is 17.0 Å². The van der Waals surface area contributed by atoms with E-state index in [4.69, 9.17) is 0 Å². The predicted octanol–water partition coefficient (Wildman–Crippen LogP) is 3.19. The summed E-state index contributed by atoms with van der Waals surface area (Å²) in [5.41, 5.74) is 3.30. The number of carbonyl (C=O) groups excluding carboxylic acids is 1. The zero-order chi connectivity index (χ0) is 14.8. The molecule has 5 heteroatoms. The van der Waals surface area contributed by atoms with Crippen molar-refractivity contribution in [1.29, 1.82) is 0 Å². The summed E-state index contributed by atoms with van der Waals surface area (Å²) in [6, 6.07) is 10.6. The number of hydrogen-bond acceptors (Lipinski definition) is 3. The van der Waals surface area contributed by atoms with Crippen LogP contribution in [0.3, 0.4) is 0 Å². The van der Waals surface area contributed by atoms with Gasteiger partial charge in [-0.2, -0.15) is 5.10 Å². The quantitative estimate of drug-likeness (QED) is 0.693. The Morgan fingerprint density at radius 1 is 1.14 bits per heavy atom. The Morgan fingerprint density at radius 2 is 1.90 bits per heavy atom. The lowest BCUT2D eigenvalue weighted by molar-refractivity contribution is 0.112. The van der Waals surface area contributed by atoms with Crippen LogP contribution in [0, 0.1) is 12.7 Å². The predicted molar refractivity (Wildman–Crippen MR) is 76.9 cm³/mol. The van der Waals surface area contributed by atoms with Crippen molar-refractivity contribution in [2.45, 2.75) is 6.92 Å². The maximum Gasteiger partial charge on any atom is 0.153 e. The zero-order valence-corrected chi connectivity index (χ0v) is 11.3. The average molecular weight is 281 g/mol. The maximum absolute atomic E-state index is 12.9. The van der Waals surface area contributed by atoms with Crippen LogP contribution in [0.1, 0.15) is 15.9 Å². The number of aryl methyl sites for hydroxylation is 1. The van der Waals surface area contributed by atoms with Crippen LogP contribution in [0.4, 0.5) is 4.39 Å². The van der Waals surface area contributed by atoms with Gasteiger partial charge in [-0.1, -0.05) is 17.7 Å². The highest BCUT2D eigenvalue weighted by Gasteiger charge is 2.12. The van der Waals surface area contributed by atoms with Gasteiger partial charge in [0, 0.05) is 6.20 Å². The third-order valence-electron chi connectivity index (χ3n) is 3.14. The minimum absolute atomic E-state index is 0.412. The van der Waals surface area contributed by atoms with E-state index < -0.39 is 5.82 Å². The van der Waals surface area contributed by atoms with E-state index in [2.05, 4.69) is 10.1 Å². The van der Waals surface area contributed by atoms with E-state index >= 15 is 0 Å². The molecular formula is C16H12FN3O. The fraction of sp³-hybridized carbons (Fsp3) is 0.0625. The minimum Gasteiger partial charge on any atom is -0.298 e. The van der Waals surface area contributed by atoms with Gasteiger partial charge in [0.25, 0.3) is 0 Å². The molecule has 1 aromatic carbocycles. The molecule has 0 saturated heterocycles. The first-order valence-electron chi connectivity index (χ1n) is 6.41. The molecule has 0 fully saturated rings. The van der Waals surface area contributed by atoms with Gasteiger partial charge in [0.1, 0.15) is 11.5 Å². The van der Waals surface area contributed by atoms with Gasteiger partial charge in [-0.05, 0) is 31.2 Å². The summed E-state index contributed by atoms with van der Waals surface area (Å²) < 4.78 is 14.5. The SMILES string of the molecule is Cc1ccc(-n2cc(C=O)c(-c3ccc(F)cn3)n2)cc1. The summed E-state index contributed by atoms with van der Waals surface area (Å²) in [7, 11) is 0. The third kappa shape index (κ3) is 2.58. The molecule has 3 aromatic rings.